The first-order chi connectivity index (χ1) is 10.7. The lowest BCUT2D eigenvalue weighted by Crippen LogP contribution is -2.42. The highest BCUT2D eigenvalue weighted by Crippen LogP contribution is 2.24. The summed E-state index contributed by atoms with van der Waals surface area (Å²) in [7, 11) is 0. The number of nitrogens with zero attached hydrogens (tertiary/aromatic N) is 2. The maximum atomic E-state index is 2.60. The molecule has 1 heterocycles. The molecule has 0 aliphatic carbocycles. The van der Waals surface area contributed by atoms with Gasteiger partial charge < -0.3 is 9.80 Å². The van der Waals surface area contributed by atoms with E-state index in [-0.39, 0.29) is 0 Å². The second-order valence-electron chi connectivity index (χ2n) is 7.17. The summed E-state index contributed by atoms with van der Waals surface area (Å²) in [6.45, 7) is 10.5. The van der Waals surface area contributed by atoms with Crippen LogP contribution in [0.2, 0.25) is 0 Å². The Balaban J connectivity index is 2.31. The van der Waals surface area contributed by atoms with Crippen LogP contribution in [-0.4, -0.2) is 28.6 Å². The third-order valence-electron chi connectivity index (χ3n) is 4.84. The van der Waals surface area contributed by atoms with Gasteiger partial charge >= 0.3 is 0 Å². The van der Waals surface area contributed by atoms with Crippen molar-refractivity contribution in [1.82, 2.24) is 9.80 Å². The molecule has 2 nitrogen and oxygen atoms in total. The molecule has 0 aromatic carbocycles. The third kappa shape index (κ3) is 7.07. The van der Waals surface area contributed by atoms with Gasteiger partial charge in [-0.2, -0.15) is 0 Å². The molecule has 1 aliphatic heterocycles. The highest BCUT2D eigenvalue weighted by Gasteiger charge is 2.26. The van der Waals surface area contributed by atoms with Gasteiger partial charge in [0.25, 0.3) is 0 Å². The lowest BCUT2D eigenvalue weighted by atomic mass is 10.1. The van der Waals surface area contributed by atoms with Crippen LogP contribution in [0.3, 0.4) is 0 Å². The van der Waals surface area contributed by atoms with Crippen LogP contribution < -0.4 is 0 Å². The lowest BCUT2D eigenvalue weighted by molar-refractivity contribution is 0.114. The van der Waals surface area contributed by atoms with E-state index in [1.165, 1.54) is 77.2 Å². The van der Waals surface area contributed by atoms with E-state index >= 15 is 0 Å². The molecule has 1 unspecified atom stereocenters. The second kappa shape index (κ2) is 11.8. The minimum absolute atomic E-state index is 0.613. The molecule has 2 heteroatoms. The molecule has 0 bridgehead atoms. The summed E-state index contributed by atoms with van der Waals surface area (Å²) < 4.78 is 0. The fourth-order valence-corrected chi connectivity index (χ4v) is 3.42. The van der Waals surface area contributed by atoms with Crippen LogP contribution in [0.25, 0.3) is 0 Å². The van der Waals surface area contributed by atoms with Crippen LogP contribution in [-0.2, 0) is 0 Å². The molecule has 0 N–H and O–H groups in total. The van der Waals surface area contributed by atoms with E-state index in [1.54, 1.807) is 0 Å². The molecule has 1 aliphatic rings. The summed E-state index contributed by atoms with van der Waals surface area (Å²) in [5, 5.41) is 0. The van der Waals surface area contributed by atoms with E-state index in [0.717, 1.165) is 0 Å². The molecule has 0 spiro atoms. The zero-order chi connectivity index (χ0) is 16.2. The van der Waals surface area contributed by atoms with E-state index in [2.05, 4.69) is 49.9 Å². The van der Waals surface area contributed by atoms with Gasteiger partial charge in [-0.05, 0) is 33.1 Å². The van der Waals surface area contributed by atoms with E-state index in [4.69, 9.17) is 0 Å². The van der Waals surface area contributed by atoms with Crippen molar-refractivity contribution in [2.45, 2.75) is 111 Å². The minimum atomic E-state index is 0.613. The van der Waals surface area contributed by atoms with Crippen molar-refractivity contribution >= 4 is 0 Å². The molecular weight excluding hydrogens is 268 g/mol. The average Bonchev–Trinajstić information content (AvgIpc) is 2.90. The Kier molecular flexibility index (Phi) is 10.4. The zero-order valence-corrected chi connectivity index (χ0v) is 15.7. The molecule has 0 fully saturated rings. The topological polar surface area (TPSA) is 6.48 Å². The molecule has 0 amide bonds. The van der Waals surface area contributed by atoms with Gasteiger partial charge in [-0.15, -0.1) is 0 Å². The molecule has 0 aromatic rings. The van der Waals surface area contributed by atoms with E-state index < -0.39 is 0 Å². The SMILES string of the molecule is CCCCCCCCC1N(CCCCCC)C=CN1C(C)C. The fraction of sp³-hybridized carbons (Fsp3) is 0.900. The Morgan fingerprint density at radius 2 is 1.36 bits per heavy atom. The minimum Gasteiger partial charge on any atom is -0.356 e. The molecule has 0 saturated heterocycles. The second-order valence-corrected chi connectivity index (χ2v) is 7.17. The summed E-state index contributed by atoms with van der Waals surface area (Å²) in [6, 6.07) is 0.613. The lowest BCUT2D eigenvalue weighted by Gasteiger charge is -2.35. The van der Waals surface area contributed by atoms with Gasteiger partial charge in [0.05, 0.1) is 0 Å². The summed E-state index contributed by atoms with van der Waals surface area (Å²) in [4.78, 5) is 5.16. The van der Waals surface area contributed by atoms with Crippen LogP contribution in [0.1, 0.15) is 98.3 Å². The van der Waals surface area contributed by atoms with Crippen LogP contribution in [0.15, 0.2) is 12.4 Å². The van der Waals surface area contributed by atoms with Crippen molar-refractivity contribution in [3.05, 3.63) is 12.4 Å². The molecule has 1 atom stereocenters. The van der Waals surface area contributed by atoms with E-state index in [1.807, 2.05) is 0 Å². The van der Waals surface area contributed by atoms with Crippen molar-refractivity contribution < 1.29 is 0 Å². The highest BCUT2D eigenvalue weighted by molar-refractivity contribution is 4.98. The first-order valence-electron chi connectivity index (χ1n) is 9.92. The molecule has 0 saturated carbocycles. The normalized spacial score (nSPS) is 18.0. The van der Waals surface area contributed by atoms with E-state index in [0.29, 0.717) is 12.2 Å². The van der Waals surface area contributed by atoms with Gasteiger partial charge in [0.2, 0.25) is 0 Å². The molecular formula is C20H40N2. The Bertz CT molecular complexity index is 285. The van der Waals surface area contributed by atoms with Gasteiger partial charge in [-0.25, -0.2) is 0 Å². The zero-order valence-electron chi connectivity index (χ0n) is 15.7. The maximum absolute atomic E-state index is 2.60. The molecule has 1 rings (SSSR count). The standard InChI is InChI=1S/C20H40N2/c1-5-7-9-11-12-13-15-20-21(16-14-10-8-6-2)17-18-22(20)19(3)4/h17-20H,5-16H2,1-4H3. The summed E-state index contributed by atoms with van der Waals surface area (Å²) in [5.41, 5.74) is 0. The monoisotopic (exact) mass is 308 g/mol. The largest absolute Gasteiger partial charge is 0.356 e. The predicted octanol–water partition coefficient (Wildman–Crippen LogP) is 6.14. The number of hydrogen-bond donors (Lipinski definition) is 0. The molecule has 130 valence electrons. The Hall–Kier alpha value is -0.660. The van der Waals surface area contributed by atoms with Crippen LogP contribution in [0, 0.1) is 0 Å². The highest BCUT2D eigenvalue weighted by atomic mass is 15.4. The van der Waals surface area contributed by atoms with Crippen molar-refractivity contribution in [3.63, 3.8) is 0 Å². The first kappa shape index (κ1) is 19.4. The Morgan fingerprint density at radius 1 is 0.773 bits per heavy atom. The Labute approximate surface area is 139 Å². The molecule has 22 heavy (non-hydrogen) atoms. The molecule has 0 radical (unpaired) electrons. The number of rotatable bonds is 13. The van der Waals surface area contributed by atoms with Crippen LogP contribution in [0.5, 0.6) is 0 Å². The number of hydrogen-bond acceptors (Lipinski definition) is 2. The van der Waals surface area contributed by atoms with Gasteiger partial charge in [-0.3, -0.25) is 0 Å². The Morgan fingerprint density at radius 3 is 2.00 bits per heavy atom. The number of unbranched alkanes of at least 4 members (excludes halogenated alkanes) is 8. The maximum Gasteiger partial charge on any atom is 0.101 e. The fourth-order valence-electron chi connectivity index (χ4n) is 3.42. The summed E-state index contributed by atoms with van der Waals surface area (Å²) in [5.74, 6) is 0. The van der Waals surface area contributed by atoms with Gasteiger partial charge in [0.15, 0.2) is 0 Å². The van der Waals surface area contributed by atoms with Crippen molar-refractivity contribution in [1.29, 1.82) is 0 Å². The predicted molar refractivity (Wildman–Crippen MR) is 98.7 cm³/mol. The van der Waals surface area contributed by atoms with Crippen molar-refractivity contribution in [2.75, 3.05) is 6.54 Å². The van der Waals surface area contributed by atoms with E-state index in [9.17, 15) is 0 Å². The third-order valence-corrected chi connectivity index (χ3v) is 4.84. The molecule has 0 aromatic heterocycles. The quantitative estimate of drug-likeness (QED) is 0.377. The van der Waals surface area contributed by atoms with Gasteiger partial charge in [0, 0.05) is 25.0 Å². The van der Waals surface area contributed by atoms with Crippen molar-refractivity contribution in [3.8, 4) is 0 Å². The van der Waals surface area contributed by atoms with Crippen LogP contribution >= 0.6 is 0 Å². The average molecular weight is 309 g/mol. The van der Waals surface area contributed by atoms with Gasteiger partial charge in [0.1, 0.15) is 6.17 Å². The summed E-state index contributed by atoms with van der Waals surface area (Å²) in [6.07, 6.45) is 20.4. The van der Waals surface area contributed by atoms with Gasteiger partial charge in [-0.1, -0.05) is 65.2 Å². The first-order valence-corrected chi connectivity index (χ1v) is 9.92. The van der Waals surface area contributed by atoms with Crippen molar-refractivity contribution in [2.24, 2.45) is 0 Å². The summed E-state index contributed by atoms with van der Waals surface area (Å²) >= 11 is 0. The van der Waals surface area contributed by atoms with Crippen LogP contribution in [0.4, 0.5) is 0 Å². The smallest absolute Gasteiger partial charge is 0.101 e.